The topological polar surface area (TPSA) is 85.3 Å². The number of nitrogens with one attached hydrogen (secondary N) is 2. The maximum atomic E-state index is 12.6. The molecule has 1 heterocycles. The van der Waals surface area contributed by atoms with Gasteiger partial charge in [-0.1, -0.05) is 12.1 Å². The summed E-state index contributed by atoms with van der Waals surface area (Å²) in [5.41, 5.74) is 1.59. The molecule has 8 heteroatoms. The minimum absolute atomic E-state index is 0.220. The molecule has 0 saturated carbocycles. The number of aromatic nitrogens is 2. The predicted octanol–water partition coefficient (Wildman–Crippen LogP) is 3.58. The number of H-pyrrole nitrogens is 1. The molecule has 0 spiro atoms. The second-order valence-corrected chi connectivity index (χ2v) is 6.88. The monoisotopic (exact) mass is 425 g/mol. The van der Waals surface area contributed by atoms with Gasteiger partial charge in [0.25, 0.3) is 11.5 Å². The third kappa shape index (κ3) is 4.44. The number of rotatable bonds is 8. The Morgan fingerprint density at radius 3 is 2.77 bits per heavy atom. The zero-order valence-electron chi connectivity index (χ0n) is 16.9. The molecule has 0 unspecified atom stereocenters. The van der Waals surface area contributed by atoms with Crippen molar-refractivity contribution in [3.8, 4) is 11.5 Å². The van der Waals surface area contributed by atoms with Crippen LogP contribution in [0.5, 0.6) is 11.5 Å². The quantitative estimate of drug-likeness (QED) is 0.426. The number of hydrogen-bond acceptors (Lipinski definition) is 5. The Kier molecular flexibility index (Phi) is 6.68. The van der Waals surface area contributed by atoms with Gasteiger partial charge in [-0.15, -0.1) is 6.58 Å². The maximum absolute atomic E-state index is 12.6. The van der Waals surface area contributed by atoms with E-state index in [1.54, 1.807) is 31.4 Å². The van der Waals surface area contributed by atoms with E-state index in [2.05, 4.69) is 16.9 Å². The number of amides is 1. The largest absolute Gasteiger partial charge is 0.493 e. The first-order chi connectivity index (χ1) is 14.5. The van der Waals surface area contributed by atoms with Crippen molar-refractivity contribution in [3.63, 3.8) is 0 Å². The van der Waals surface area contributed by atoms with Crippen LogP contribution < -0.4 is 20.3 Å². The third-order valence-electron chi connectivity index (χ3n) is 4.54. The smallest absolute Gasteiger partial charge is 0.262 e. The fourth-order valence-electron chi connectivity index (χ4n) is 3.07. The average molecular weight is 426 g/mol. The second kappa shape index (κ2) is 9.41. The van der Waals surface area contributed by atoms with Crippen LogP contribution in [0.2, 0.25) is 0 Å². The first kappa shape index (κ1) is 21.3. The average Bonchev–Trinajstić information content (AvgIpc) is 2.75. The van der Waals surface area contributed by atoms with Crippen molar-refractivity contribution in [2.24, 2.45) is 0 Å². The second-order valence-electron chi connectivity index (χ2n) is 6.50. The molecule has 0 aliphatic heterocycles. The molecule has 30 heavy (non-hydrogen) atoms. The van der Waals surface area contributed by atoms with Gasteiger partial charge in [0.05, 0.1) is 24.6 Å². The Morgan fingerprint density at radius 1 is 1.27 bits per heavy atom. The summed E-state index contributed by atoms with van der Waals surface area (Å²) >= 11 is 5.25. The summed E-state index contributed by atoms with van der Waals surface area (Å²) in [4.78, 5) is 28.2. The van der Waals surface area contributed by atoms with Gasteiger partial charge >= 0.3 is 0 Å². The summed E-state index contributed by atoms with van der Waals surface area (Å²) in [5, 5.41) is 3.33. The minimum atomic E-state index is -0.264. The number of carbonyl (C=O) groups is 1. The number of allylic oxidation sites excluding steroid dienone is 1. The molecule has 1 amide bonds. The van der Waals surface area contributed by atoms with E-state index in [4.69, 9.17) is 21.7 Å². The molecular weight excluding hydrogens is 402 g/mol. The van der Waals surface area contributed by atoms with Crippen LogP contribution in [0.3, 0.4) is 0 Å². The SMILES string of the molecule is C=CCn1c(=S)[nH]c2cc(C(=O)NCc3ccc(OCC)c(OC)c3)ccc2c1=O. The summed E-state index contributed by atoms with van der Waals surface area (Å²) in [5.74, 6) is 0.999. The van der Waals surface area contributed by atoms with Crippen molar-refractivity contribution < 1.29 is 14.3 Å². The Hall–Kier alpha value is -3.39. The van der Waals surface area contributed by atoms with Crippen molar-refractivity contribution in [1.29, 1.82) is 0 Å². The van der Waals surface area contributed by atoms with Gasteiger partial charge in [-0.3, -0.25) is 14.2 Å². The molecule has 3 aromatic rings. The lowest BCUT2D eigenvalue weighted by atomic mass is 10.1. The summed E-state index contributed by atoms with van der Waals surface area (Å²) in [6.45, 7) is 6.71. The van der Waals surface area contributed by atoms with Crippen molar-refractivity contribution in [2.75, 3.05) is 13.7 Å². The number of hydrogen-bond donors (Lipinski definition) is 2. The van der Waals surface area contributed by atoms with Gasteiger partial charge < -0.3 is 19.8 Å². The van der Waals surface area contributed by atoms with Crippen LogP contribution in [-0.2, 0) is 13.1 Å². The molecular formula is C22H23N3O4S. The highest BCUT2D eigenvalue weighted by molar-refractivity contribution is 7.71. The van der Waals surface area contributed by atoms with Gasteiger partial charge in [0, 0.05) is 18.7 Å². The molecule has 0 radical (unpaired) electrons. The third-order valence-corrected chi connectivity index (χ3v) is 4.86. The summed E-state index contributed by atoms with van der Waals surface area (Å²) in [6.07, 6.45) is 1.61. The van der Waals surface area contributed by atoms with Gasteiger partial charge in [-0.05, 0) is 55.0 Å². The minimum Gasteiger partial charge on any atom is -0.493 e. The molecule has 3 rings (SSSR count). The lowest BCUT2D eigenvalue weighted by Gasteiger charge is -2.12. The molecule has 1 aromatic heterocycles. The van der Waals surface area contributed by atoms with Gasteiger partial charge in [0.1, 0.15) is 0 Å². The Morgan fingerprint density at radius 2 is 2.07 bits per heavy atom. The van der Waals surface area contributed by atoms with E-state index in [1.165, 1.54) is 4.57 Å². The first-order valence-electron chi connectivity index (χ1n) is 9.44. The van der Waals surface area contributed by atoms with E-state index >= 15 is 0 Å². The number of ether oxygens (including phenoxy) is 2. The Bertz CT molecular complexity index is 1210. The first-order valence-corrected chi connectivity index (χ1v) is 9.85. The molecule has 2 N–H and O–H groups in total. The molecule has 2 aromatic carbocycles. The summed E-state index contributed by atoms with van der Waals surface area (Å²) in [6, 6.07) is 10.4. The fourth-order valence-corrected chi connectivity index (χ4v) is 3.34. The number of methoxy groups -OCH3 is 1. The molecule has 7 nitrogen and oxygen atoms in total. The van der Waals surface area contributed by atoms with E-state index < -0.39 is 0 Å². The van der Waals surface area contributed by atoms with Crippen molar-refractivity contribution in [1.82, 2.24) is 14.9 Å². The van der Waals surface area contributed by atoms with Crippen LogP contribution in [0, 0.1) is 4.77 Å². The predicted molar refractivity (Wildman–Crippen MR) is 119 cm³/mol. The van der Waals surface area contributed by atoms with Crippen LogP contribution in [0.4, 0.5) is 0 Å². The zero-order valence-corrected chi connectivity index (χ0v) is 17.7. The highest BCUT2D eigenvalue weighted by atomic mass is 32.1. The van der Waals surface area contributed by atoms with Gasteiger partial charge in [0.15, 0.2) is 16.3 Å². The van der Waals surface area contributed by atoms with Crippen molar-refractivity contribution in [2.45, 2.75) is 20.0 Å². The van der Waals surface area contributed by atoms with E-state index in [0.29, 0.717) is 47.7 Å². The number of aromatic amines is 1. The summed E-state index contributed by atoms with van der Waals surface area (Å²) < 4.78 is 12.5. The lowest BCUT2D eigenvalue weighted by molar-refractivity contribution is 0.0951. The van der Waals surface area contributed by atoms with Crippen LogP contribution in [0.1, 0.15) is 22.8 Å². The highest BCUT2D eigenvalue weighted by Crippen LogP contribution is 2.28. The van der Waals surface area contributed by atoms with E-state index in [9.17, 15) is 9.59 Å². The van der Waals surface area contributed by atoms with Crippen LogP contribution in [0.15, 0.2) is 53.8 Å². The highest BCUT2D eigenvalue weighted by Gasteiger charge is 2.11. The molecule has 0 aliphatic carbocycles. The number of carbonyl (C=O) groups excluding carboxylic acids is 1. The van der Waals surface area contributed by atoms with Crippen molar-refractivity contribution >= 4 is 29.0 Å². The van der Waals surface area contributed by atoms with Crippen molar-refractivity contribution in [3.05, 3.63) is 75.3 Å². The normalized spacial score (nSPS) is 10.6. The van der Waals surface area contributed by atoms with E-state index in [1.807, 2.05) is 25.1 Å². The van der Waals surface area contributed by atoms with Crippen LogP contribution in [-0.4, -0.2) is 29.2 Å². The van der Waals surface area contributed by atoms with E-state index in [-0.39, 0.29) is 16.2 Å². The van der Waals surface area contributed by atoms with Crippen LogP contribution >= 0.6 is 12.2 Å². The fraction of sp³-hybridized carbons (Fsp3) is 0.227. The molecule has 0 aliphatic rings. The van der Waals surface area contributed by atoms with Crippen LogP contribution in [0.25, 0.3) is 10.9 Å². The van der Waals surface area contributed by atoms with Gasteiger partial charge in [-0.25, -0.2) is 0 Å². The number of nitrogens with zero attached hydrogens (tertiary/aromatic N) is 1. The van der Waals surface area contributed by atoms with E-state index in [0.717, 1.165) is 5.56 Å². The Labute approximate surface area is 179 Å². The molecule has 0 fully saturated rings. The molecule has 0 saturated heterocycles. The number of benzene rings is 2. The van der Waals surface area contributed by atoms with Gasteiger partial charge in [-0.2, -0.15) is 0 Å². The standard InChI is InChI=1S/C22H23N3O4S/c1-4-10-25-21(27)16-8-7-15(12-17(16)24-22(25)30)20(26)23-13-14-6-9-18(29-5-2)19(11-14)28-3/h4,6-9,11-12H,1,5,10,13H2,2-3H3,(H,23,26)(H,24,30). The number of fused-ring (bicyclic) bond motifs is 1. The van der Waals surface area contributed by atoms with Gasteiger partial charge in [0.2, 0.25) is 0 Å². The zero-order chi connectivity index (χ0) is 21.7. The lowest BCUT2D eigenvalue weighted by Crippen LogP contribution is -2.24. The summed E-state index contributed by atoms with van der Waals surface area (Å²) in [7, 11) is 1.57. The maximum Gasteiger partial charge on any atom is 0.262 e. The Balaban J connectivity index is 1.80. The molecule has 0 atom stereocenters. The molecule has 156 valence electrons. The molecule has 0 bridgehead atoms.